The second-order valence-corrected chi connectivity index (χ2v) is 12.9. The van der Waals surface area contributed by atoms with Crippen molar-refractivity contribution in [2.45, 2.75) is 103 Å². The average molecular weight is 570 g/mol. The Hall–Kier alpha value is -2.08. The van der Waals surface area contributed by atoms with Gasteiger partial charge in [0.25, 0.3) is 0 Å². The minimum Gasteiger partial charge on any atom is -0.494 e. The lowest BCUT2D eigenvalue weighted by Gasteiger charge is -2.29. The summed E-state index contributed by atoms with van der Waals surface area (Å²) in [5, 5.41) is 0. The van der Waals surface area contributed by atoms with Crippen molar-refractivity contribution < 1.29 is 18.7 Å². The summed E-state index contributed by atoms with van der Waals surface area (Å²) in [5.41, 5.74) is 8.46. The van der Waals surface area contributed by atoms with E-state index in [4.69, 9.17) is 19.9 Å². The van der Waals surface area contributed by atoms with Crippen molar-refractivity contribution in [3.05, 3.63) is 59.7 Å². The Bertz CT molecular complexity index is 909. The van der Waals surface area contributed by atoms with E-state index in [2.05, 4.69) is 83.4 Å². The number of quaternary nitrogens is 1. The Morgan fingerprint density at radius 1 is 0.659 bits per heavy atom. The molecule has 0 saturated carbocycles. The largest absolute Gasteiger partial charge is 0.494 e. The van der Waals surface area contributed by atoms with Crippen molar-refractivity contribution in [1.82, 2.24) is 0 Å². The Balaban J connectivity index is 1.57. The number of nitrogens with zero attached hydrogens (tertiary/aromatic N) is 1. The maximum absolute atomic E-state index is 5.96. The zero-order valence-electron chi connectivity index (χ0n) is 27.1. The lowest BCUT2D eigenvalue weighted by molar-refractivity contribution is -0.904. The number of unbranched alkanes of at least 4 members (excludes halogenated alkanes) is 8. The van der Waals surface area contributed by atoms with Crippen LogP contribution in [0.15, 0.2) is 48.5 Å². The summed E-state index contributed by atoms with van der Waals surface area (Å²) < 4.78 is 18.7. The molecule has 0 aliphatic carbocycles. The van der Waals surface area contributed by atoms with Crippen LogP contribution in [0, 0.1) is 0 Å². The first kappa shape index (κ1) is 35.1. The number of ether oxygens (including phenoxy) is 3. The summed E-state index contributed by atoms with van der Waals surface area (Å²) in [6, 6.07) is 17.2. The minimum absolute atomic E-state index is 0.210. The topological polar surface area (TPSA) is 53.7 Å². The zero-order valence-corrected chi connectivity index (χ0v) is 27.1. The first-order chi connectivity index (χ1) is 19.8. The Kier molecular flexibility index (Phi) is 17.1. The van der Waals surface area contributed by atoms with E-state index >= 15 is 0 Å². The van der Waals surface area contributed by atoms with Gasteiger partial charge in [-0.25, -0.2) is 0 Å². The number of rotatable bonds is 24. The second-order valence-electron chi connectivity index (χ2n) is 12.9. The first-order valence-corrected chi connectivity index (χ1v) is 16.3. The lowest BCUT2D eigenvalue weighted by Crippen LogP contribution is -2.41. The maximum atomic E-state index is 5.96. The average Bonchev–Trinajstić information content (AvgIpc) is 2.95. The van der Waals surface area contributed by atoms with Crippen molar-refractivity contribution in [2.24, 2.45) is 5.73 Å². The summed E-state index contributed by atoms with van der Waals surface area (Å²) >= 11 is 0. The van der Waals surface area contributed by atoms with Gasteiger partial charge in [0.15, 0.2) is 0 Å². The summed E-state index contributed by atoms with van der Waals surface area (Å²) in [4.78, 5) is 0. The highest BCUT2D eigenvalue weighted by Gasteiger charge is 2.20. The molecule has 0 aliphatic heterocycles. The normalized spacial score (nSPS) is 12.0. The lowest BCUT2D eigenvalue weighted by atomic mass is 9.80. The molecular weight excluding hydrogens is 508 g/mol. The Morgan fingerprint density at radius 2 is 1.24 bits per heavy atom. The number of hydrogen-bond acceptors (Lipinski definition) is 4. The summed E-state index contributed by atoms with van der Waals surface area (Å²) in [7, 11) is 4.51. The molecule has 5 nitrogen and oxygen atoms in total. The monoisotopic (exact) mass is 569 g/mol. The molecule has 5 heteroatoms. The third-order valence-electron chi connectivity index (χ3n) is 8.03. The molecule has 0 bridgehead atoms. The molecule has 0 saturated heterocycles. The van der Waals surface area contributed by atoms with Gasteiger partial charge < -0.3 is 24.4 Å². The molecule has 0 unspecified atom stereocenters. The molecule has 0 radical (unpaired) electrons. The molecule has 41 heavy (non-hydrogen) atoms. The fourth-order valence-corrected chi connectivity index (χ4v) is 5.18. The quantitative estimate of drug-likeness (QED) is 0.102. The predicted molar refractivity (Wildman–Crippen MR) is 174 cm³/mol. The molecule has 0 fully saturated rings. The maximum Gasteiger partial charge on any atom is 0.119 e. The minimum atomic E-state index is 0.210. The number of nitrogens with two attached hydrogens (primary N) is 1. The standard InChI is InChI=1S/C36H61N2O3/c1-6-7-13-24-36(2,3)33-18-22-35(23-19-33)41-30-29-39-28-26-38(4,5)31-32-16-20-34(21-17-32)40-27-15-12-10-8-9-11-14-25-37/h16-23H,6-15,24-31,37H2,1-5H3/q+1. The first-order valence-electron chi connectivity index (χ1n) is 16.3. The van der Waals surface area contributed by atoms with E-state index in [1.54, 1.807) is 0 Å². The molecule has 0 aliphatic rings. The van der Waals surface area contributed by atoms with Crippen LogP contribution in [0.1, 0.15) is 103 Å². The van der Waals surface area contributed by atoms with E-state index in [1.807, 2.05) is 0 Å². The summed E-state index contributed by atoms with van der Waals surface area (Å²) in [6.45, 7) is 12.4. The molecule has 2 aromatic rings. The molecular formula is C36H61N2O3+. The van der Waals surface area contributed by atoms with Crippen LogP contribution in [0.5, 0.6) is 11.5 Å². The zero-order chi connectivity index (χ0) is 29.8. The van der Waals surface area contributed by atoms with E-state index in [9.17, 15) is 0 Å². The summed E-state index contributed by atoms with van der Waals surface area (Å²) in [5.74, 6) is 1.88. The highest BCUT2D eigenvalue weighted by atomic mass is 16.5. The number of hydrogen-bond donors (Lipinski definition) is 1. The van der Waals surface area contributed by atoms with E-state index in [-0.39, 0.29) is 5.41 Å². The van der Waals surface area contributed by atoms with Crippen LogP contribution in [0.4, 0.5) is 0 Å². The van der Waals surface area contributed by atoms with Gasteiger partial charge in [-0.15, -0.1) is 0 Å². The van der Waals surface area contributed by atoms with E-state index in [1.165, 1.54) is 68.9 Å². The Morgan fingerprint density at radius 3 is 1.88 bits per heavy atom. The predicted octanol–water partition coefficient (Wildman–Crippen LogP) is 8.28. The van der Waals surface area contributed by atoms with Crippen molar-refractivity contribution in [1.29, 1.82) is 0 Å². The third-order valence-corrected chi connectivity index (χ3v) is 8.03. The van der Waals surface area contributed by atoms with Gasteiger partial charge in [-0.2, -0.15) is 0 Å². The van der Waals surface area contributed by atoms with Crippen molar-refractivity contribution in [2.75, 3.05) is 53.6 Å². The fourth-order valence-electron chi connectivity index (χ4n) is 5.18. The van der Waals surface area contributed by atoms with Gasteiger partial charge in [0.05, 0.1) is 33.9 Å². The van der Waals surface area contributed by atoms with Crippen LogP contribution in [0.3, 0.4) is 0 Å². The van der Waals surface area contributed by atoms with Gasteiger partial charge in [0.1, 0.15) is 31.2 Å². The molecule has 0 aromatic heterocycles. The van der Waals surface area contributed by atoms with Gasteiger partial charge in [-0.3, -0.25) is 0 Å². The molecule has 0 amide bonds. The second kappa shape index (κ2) is 19.9. The molecule has 0 heterocycles. The number of likely N-dealkylation sites (N-methyl/N-ethyl adjacent to an activating group) is 1. The molecule has 2 aromatic carbocycles. The molecule has 0 spiro atoms. The highest BCUT2D eigenvalue weighted by Crippen LogP contribution is 2.30. The van der Waals surface area contributed by atoms with Gasteiger partial charge in [-0.1, -0.05) is 84.3 Å². The summed E-state index contributed by atoms with van der Waals surface area (Å²) in [6.07, 6.45) is 13.8. The van der Waals surface area contributed by atoms with Gasteiger partial charge in [-0.05, 0) is 73.2 Å². The van der Waals surface area contributed by atoms with E-state index < -0.39 is 0 Å². The van der Waals surface area contributed by atoms with Crippen LogP contribution in [-0.4, -0.2) is 58.1 Å². The Labute approximate surface area is 252 Å². The van der Waals surface area contributed by atoms with Crippen LogP contribution in [0.25, 0.3) is 0 Å². The molecule has 232 valence electrons. The van der Waals surface area contributed by atoms with Crippen LogP contribution in [0.2, 0.25) is 0 Å². The van der Waals surface area contributed by atoms with E-state index in [0.29, 0.717) is 13.2 Å². The third kappa shape index (κ3) is 15.6. The smallest absolute Gasteiger partial charge is 0.119 e. The highest BCUT2D eigenvalue weighted by molar-refractivity contribution is 5.31. The molecule has 2 N–H and O–H groups in total. The van der Waals surface area contributed by atoms with Crippen LogP contribution in [-0.2, 0) is 16.7 Å². The molecule has 0 atom stereocenters. The number of benzene rings is 2. The molecule has 2 rings (SSSR count). The van der Waals surface area contributed by atoms with Crippen LogP contribution >= 0.6 is 0 Å². The SMILES string of the molecule is CCCCCC(C)(C)c1ccc(OCCOCC[N+](C)(C)Cc2ccc(OCCCCCCCCCN)cc2)cc1. The van der Waals surface area contributed by atoms with Crippen molar-refractivity contribution in [3.63, 3.8) is 0 Å². The van der Waals surface area contributed by atoms with Crippen molar-refractivity contribution >= 4 is 0 Å². The van der Waals surface area contributed by atoms with Gasteiger partial charge in [0, 0.05) is 5.56 Å². The van der Waals surface area contributed by atoms with Crippen molar-refractivity contribution in [3.8, 4) is 11.5 Å². The van der Waals surface area contributed by atoms with Gasteiger partial charge >= 0.3 is 0 Å². The fraction of sp³-hybridized carbons (Fsp3) is 0.667. The van der Waals surface area contributed by atoms with E-state index in [0.717, 1.165) is 61.7 Å². The van der Waals surface area contributed by atoms with Gasteiger partial charge in [0.2, 0.25) is 0 Å². The van der Waals surface area contributed by atoms with Crippen LogP contribution < -0.4 is 15.2 Å².